The van der Waals surface area contributed by atoms with Crippen LogP contribution in [0.15, 0.2) is 24.3 Å². The van der Waals surface area contributed by atoms with Gasteiger partial charge in [-0.2, -0.15) is 10.5 Å². The van der Waals surface area contributed by atoms with Crippen LogP contribution < -0.4 is 0 Å². The molecule has 0 atom stereocenters. The third kappa shape index (κ3) is 3.23. The third-order valence-corrected chi connectivity index (χ3v) is 3.15. The molecule has 0 radical (unpaired) electrons. The topological polar surface area (TPSA) is 60.0 Å². The summed E-state index contributed by atoms with van der Waals surface area (Å²) in [5.41, 5.74) is 1.75. The molecule has 1 aromatic rings. The van der Waals surface area contributed by atoms with Crippen molar-refractivity contribution in [3.05, 3.63) is 35.4 Å². The number of nitrogens with zero attached hydrogens (tertiary/aromatic N) is 3. The minimum Gasteiger partial charge on any atom is -0.373 e. The van der Waals surface area contributed by atoms with Crippen molar-refractivity contribution in [2.24, 2.45) is 0 Å². The van der Waals surface area contributed by atoms with Crippen LogP contribution in [0.5, 0.6) is 0 Å². The first-order valence-corrected chi connectivity index (χ1v) is 6.07. The van der Waals surface area contributed by atoms with Crippen molar-refractivity contribution in [2.75, 3.05) is 13.1 Å². The average Bonchev–Trinajstić information content (AvgIpc) is 2.46. The normalized spacial score (nSPS) is 16.0. The van der Waals surface area contributed by atoms with E-state index in [1.54, 1.807) is 17.0 Å². The number of hydrogen-bond acceptors (Lipinski definition) is 4. The number of ether oxygens (including phenoxy) is 1. The molecule has 4 heteroatoms. The summed E-state index contributed by atoms with van der Waals surface area (Å²) in [5.74, 6) is 0. The van der Waals surface area contributed by atoms with Gasteiger partial charge in [0, 0.05) is 13.1 Å². The van der Waals surface area contributed by atoms with Crippen LogP contribution in [0, 0.1) is 22.8 Å². The summed E-state index contributed by atoms with van der Waals surface area (Å²) < 4.78 is 5.82. The molecular weight excluding hydrogens is 226 g/mol. The Kier molecular flexibility index (Phi) is 4.17. The van der Waals surface area contributed by atoms with E-state index in [0.29, 0.717) is 12.2 Å². The van der Waals surface area contributed by atoms with Crippen molar-refractivity contribution in [2.45, 2.75) is 25.6 Å². The molecule has 2 rings (SSSR count). The molecular formula is C14H15N3O. The van der Waals surface area contributed by atoms with Gasteiger partial charge in [-0.3, -0.25) is 0 Å². The van der Waals surface area contributed by atoms with E-state index in [0.717, 1.165) is 31.5 Å². The molecule has 0 bridgehead atoms. The molecule has 1 aliphatic rings. The summed E-state index contributed by atoms with van der Waals surface area (Å²) in [5, 5.41) is 17.4. The Hall–Kier alpha value is -2.04. The molecule has 92 valence electrons. The quantitative estimate of drug-likeness (QED) is 0.760. The number of likely N-dealkylation sites (tertiary alicyclic amines) is 1. The summed E-state index contributed by atoms with van der Waals surface area (Å²) in [7, 11) is 0. The lowest BCUT2D eigenvalue weighted by Crippen LogP contribution is -2.33. The van der Waals surface area contributed by atoms with Crippen molar-refractivity contribution in [1.29, 1.82) is 10.5 Å². The zero-order chi connectivity index (χ0) is 12.8. The van der Waals surface area contributed by atoms with E-state index in [1.807, 2.05) is 12.1 Å². The van der Waals surface area contributed by atoms with Crippen LogP contribution in [0.25, 0.3) is 0 Å². The molecule has 0 amide bonds. The molecule has 1 saturated heterocycles. The third-order valence-electron chi connectivity index (χ3n) is 3.15. The van der Waals surface area contributed by atoms with E-state index in [-0.39, 0.29) is 6.10 Å². The Labute approximate surface area is 107 Å². The van der Waals surface area contributed by atoms with Gasteiger partial charge in [0.15, 0.2) is 6.19 Å². The molecule has 1 aromatic carbocycles. The molecule has 0 aliphatic carbocycles. The molecule has 0 N–H and O–H groups in total. The number of benzene rings is 1. The molecule has 0 unspecified atom stereocenters. The molecule has 0 aromatic heterocycles. The lowest BCUT2D eigenvalue weighted by molar-refractivity contribution is 0.00660. The van der Waals surface area contributed by atoms with E-state index in [1.165, 1.54) is 0 Å². The summed E-state index contributed by atoms with van der Waals surface area (Å²) >= 11 is 0. The van der Waals surface area contributed by atoms with Crippen molar-refractivity contribution in [1.82, 2.24) is 4.90 Å². The smallest absolute Gasteiger partial charge is 0.179 e. The molecule has 0 spiro atoms. The predicted octanol–water partition coefficient (Wildman–Crippen LogP) is 2.02. The SMILES string of the molecule is N#Cc1ccc(COC2CCN(C#N)CC2)cc1. The lowest BCUT2D eigenvalue weighted by atomic mass is 10.1. The van der Waals surface area contributed by atoms with Gasteiger partial charge >= 0.3 is 0 Å². The standard InChI is InChI=1S/C14H15N3O/c15-9-12-1-3-13(4-2-12)10-18-14-5-7-17(11-16)8-6-14/h1-4,14H,5-8,10H2. The number of nitriles is 2. The largest absolute Gasteiger partial charge is 0.373 e. The first-order valence-electron chi connectivity index (χ1n) is 6.07. The van der Waals surface area contributed by atoms with Crippen LogP contribution in [0.4, 0.5) is 0 Å². The van der Waals surface area contributed by atoms with Gasteiger partial charge in [0.2, 0.25) is 0 Å². The minimum atomic E-state index is 0.241. The van der Waals surface area contributed by atoms with Gasteiger partial charge < -0.3 is 9.64 Å². The highest BCUT2D eigenvalue weighted by molar-refractivity contribution is 5.31. The summed E-state index contributed by atoms with van der Waals surface area (Å²) in [6.07, 6.45) is 4.21. The maximum absolute atomic E-state index is 8.74. The maximum atomic E-state index is 8.74. The van der Waals surface area contributed by atoms with Crippen molar-refractivity contribution in [3.63, 3.8) is 0 Å². The van der Waals surface area contributed by atoms with Crippen LogP contribution in [0.2, 0.25) is 0 Å². The van der Waals surface area contributed by atoms with Gasteiger partial charge in [-0.05, 0) is 30.5 Å². The van der Waals surface area contributed by atoms with Crippen LogP contribution in [-0.2, 0) is 11.3 Å². The summed E-state index contributed by atoms with van der Waals surface area (Å²) in [6.45, 7) is 2.14. The Morgan fingerprint density at radius 2 is 1.83 bits per heavy atom. The van der Waals surface area contributed by atoms with Crippen molar-refractivity contribution in [3.8, 4) is 12.3 Å². The maximum Gasteiger partial charge on any atom is 0.179 e. The lowest BCUT2D eigenvalue weighted by Gasteiger charge is -2.28. The monoisotopic (exact) mass is 241 g/mol. The molecule has 1 aliphatic heterocycles. The molecule has 0 saturated carbocycles. The molecule has 18 heavy (non-hydrogen) atoms. The van der Waals surface area contributed by atoms with E-state index >= 15 is 0 Å². The zero-order valence-corrected chi connectivity index (χ0v) is 10.2. The van der Waals surface area contributed by atoms with Gasteiger partial charge in [0.1, 0.15) is 0 Å². The Morgan fingerprint density at radius 3 is 2.39 bits per heavy atom. The van der Waals surface area contributed by atoms with Crippen molar-refractivity contribution < 1.29 is 4.74 Å². The second kappa shape index (κ2) is 6.05. The van der Waals surface area contributed by atoms with Gasteiger partial charge in [0.25, 0.3) is 0 Å². The van der Waals surface area contributed by atoms with E-state index in [2.05, 4.69) is 12.3 Å². The highest BCUT2D eigenvalue weighted by Crippen LogP contribution is 2.15. The Bertz CT molecular complexity index is 461. The van der Waals surface area contributed by atoms with Crippen LogP contribution in [-0.4, -0.2) is 24.1 Å². The van der Waals surface area contributed by atoms with E-state index in [9.17, 15) is 0 Å². The highest BCUT2D eigenvalue weighted by Gasteiger charge is 2.18. The number of piperidine rings is 1. The second-order valence-electron chi connectivity index (χ2n) is 4.41. The van der Waals surface area contributed by atoms with Crippen LogP contribution in [0.1, 0.15) is 24.0 Å². The second-order valence-corrected chi connectivity index (χ2v) is 4.41. The van der Waals surface area contributed by atoms with Gasteiger partial charge in [-0.25, -0.2) is 0 Å². The average molecular weight is 241 g/mol. The molecule has 1 heterocycles. The van der Waals surface area contributed by atoms with Crippen molar-refractivity contribution >= 4 is 0 Å². The zero-order valence-electron chi connectivity index (χ0n) is 10.2. The Balaban J connectivity index is 1.78. The summed E-state index contributed by atoms with van der Waals surface area (Å²) in [6, 6.07) is 9.54. The first kappa shape index (κ1) is 12.4. The predicted molar refractivity (Wildman–Crippen MR) is 66.2 cm³/mol. The van der Waals surface area contributed by atoms with Gasteiger partial charge in [-0.1, -0.05) is 12.1 Å². The van der Waals surface area contributed by atoms with Crippen LogP contribution >= 0.6 is 0 Å². The van der Waals surface area contributed by atoms with E-state index < -0.39 is 0 Å². The van der Waals surface area contributed by atoms with Gasteiger partial charge in [-0.15, -0.1) is 0 Å². The number of rotatable bonds is 3. The first-order chi connectivity index (χ1) is 8.81. The highest BCUT2D eigenvalue weighted by atomic mass is 16.5. The fraction of sp³-hybridized carbons (Fsp3) is 0.429. The number of hydrogen-bond donors (Lipinski definition) is 0. The fourth-order valence-corrected chi connectivity index (χ4v) is 2.01. The van der Waals surface area contributed by atoms with E-state index in [4.69, 9.17) is 15.3 Å². The Morgan fingerprint density at radius 1 is 1.17 bits per heavy atom. The molecule has 4 nitrogen and oxygen atoms in total. The fourth-order valence-electron chi connectivity index (χ4n) is 2.01. The van der Waals surface area contributed by atoms with Gasteiger partial charge in [0.05, 0.1) is 24.3 Å². The van der Waals surface area contributed by atoms with Crippen LogP contribution in [0.3, 0.4) is 0 Å². The summed E-state index contributed by atoms with van der Waals surface area (Å²) in [4.78, 5) is 1.77. The minimum absolute atomic E-state index is 0.241. The molecule has 1 fully saturated rings.